The smallest absolute Gasteiger partial charge is 0.449 e. The van der Waals surface area contributed by atoms with Crippen molar-refractivity contribution in [1.82, 2.24) is 4.57 Å². The van der Waals surface area contributed by atoms with Crippen LogP contribution in [0.2, 0.25) is 0 Å². The Hall–Kier alpha value is -2.94. The average molecular weight is 432 g/mol. The van der Waals surface area contributed by atoms with E-state index in [-0.39, 0.29) is 47.0 Å². The summed E-state index contributed by atoms with van der Waals surface area (Å²) in [5.74, 6) is -1.93. The van der Waals surface area contributed by atoms with Gasteiger partial charge in [0.2, 0.25) is 5.43 Å². The fourth-order valence-corrected chi connectivity index (χ4v) is 5.08. The molecular weight excluding hydrogens is 410 g/mol. The summed E-state index contributed by atoms with van der Waals surface area (Å²) in [6, 6.07) is 0.879. The third-order valence-electron chi connectivity index (χ3n) is 6.68. The Morgan fingerprint density at radius 2 is 2.03 bits per heavy atom. The highest BCUT2D eigenvalue weighted by Crippen LogP contribution is 2.43. The lowest BCUT2D eigenvalue weighted by Gasteiger charge is -2.26. The van der Waals surface area contributed by atoms with Crippen LogP contribution in [0.5, 0.6) is 5.75 Å². The van der Waals surface area contributed by atoms with E-state index < -0.39 is 29.0 Å². The van der Waals surface area contributed by atoms with Gasteiger partial charge in [-0.3, -0.25) is 4.79 Å². The molecule has 2 aromatic rings. The van der Waals surface area contributed by atoms with E-state index in [1.807, 2.05) is 12.2 Å². The molecular formula is C22H22F2N2O5. The number of aliphatic hydroxyl groups excluding tert-OH is 1. The lowest BCUT2D eigenvalue weighted by molar-refractivity contribution is 0.143. The molecule has 9 heteroatoms. The first-order valence-corrected chi connectivity index (χ1v) is 10.4. The Morgan fingerprint density at radius 1 is 1.26 bits per heavy atom. The number of allylic oxidation sites excluding steroid dienone is 1. The molecule has 2 heterocycles. The van der Waals surface area contributed by atoms with Crippen LogP contribution in [-0.2, 0) is 0 Å². The number of halogens is 2. The van der Waals surface area contributed by atoms with Crippen molar-refractivity contribution < 1.29 is 28.5 Å². The second-order valence-corrected chi connectivity index (χ2v) is 8.59. The van der Waals surface area contributed by atoms with Gasteiger partial charge in [0.1, 0.15) is 11.5 Å². The van der Waals surface area contributed by atoms with Crippen molar-refractivity contribution in [1.29, 1.82) is 0 Å². The van der Waals surface area contributed by atoms with Crippen molar-refractivity contribution in [2.75, 3.05) is 24.6 Å². The van der Waals surface area contributed by atoms with E-state index in [0.29, 0.717) is 13.1 Å². The number of aromatic nitrogens is 1. The molecule has 1 saturated heterocycles. The Morgan fingerprint density at radius 3 is 2.71 bits per heavy atom. The van der Waals surface area contributed by atoms with Crippen LogP contribution >= 0.6 is 0 Å². The summed E-state index contributed by atoms with van der Waals surface area (Å²) in [5, 5.41) is 18.3. The average Bonchev–Trinajstić information content (AvgIpc) is 3.48. The molecule has 3 unspecified atom stereocenters. The van der Waals surface area contributed by atoms with E-state index in [1.54, 1.807) is 4.90 Å². The molecule has 2 fully saturated rings. The number of carbonyl (C=O) groups is 1. The van der Waals surface area contributed by atoms with Gasteiger partial charge in [0.05, 0.1) is 17.1 Å². The number of ether oxygens (including phenoxy) is 1. The van der Waals surface area contributed by atoms with Gasteiger partial charge < -0.3 is 24.4 Å². The second-order valence-electron chi connectivity index (χ2n) is 8.59. The molecule has 1 aromatic carbocycles. The molecule has 1 aliphatic heterocycles. The van der Waals surface area contributed by atoms with Gasteiger partial charge in [0, 0.05) is 31.7 Å². The maximum atomic E-state index is 15.8. The molecule has 0 radical (unpaired) electrons. The number of pyridine rings is 1. The fourth-order valence-electron chi connectivity index (χ4n) is 5.08. The maximum absolute atomic E-state index is 15.8. The number of anilines is 1. The minimum absolute atomic E-state index is 0.0121. The van der Waals surface area contributed by atoms with Crippen LogP contribution in [0.1, 0.15) is 25.3 Å². The first kappa shape index (κ1) is 20.0. The molecule has 31 heavy (non-hydrogen) atoms. The minimum atomic E-state index is -1.66. The zero-order chi connectivity index (χ0) is 21.9. The largest absolute Gasteiger partial charge is 0.511 e. The molecule has 0 spiro atoms. The molecule has 2 N–H and O–H groups in total. The third kappa shape index (κ3) is 3.27. The van der Waals surface area contributed by atoms with Crippen molar-refractivity contribution in [3.8, 4) is 5.75 Å². The lowest BCUT2D eigenvalue weighted by atomic mass is 9.78. The van der Waals surface area contributed by atoms with Crippen molar-refractivity contribution in [2.45, 2.75) is 25.3 Å². The van der Waals surface area contributed by atoms with E-state index in [9.17, 15) is 14.7 Å². The van der Waals surface area contributed by atoms with Crippen LogP contribution < -0.4 is 15.1 Å². The number of fused-ring (bicyclic) bond motifs is 2. The van der Waals surface area contributed by atoms with E-state index in [4.69, 9.17) is 5.11 Å². The highest BCUT2D eigenvalue weighted by molar-refractivity contribution is 5.86. The fraction of sp³-hybridized carbons (Fsp3) is 0.455. The standard InChI is InChI=1S/C22H22F2N2O5/c23-16-6-14-19(26(13-4-5-13)9-17(21(14)28)31-22(29)30)18(24)20(16)25-7-11-2-1-3-12(10-27)15(11)8-25/h1,3,6,9,11-13,15,27H,2,4-5,7-8,10H2,(H,29,30). The summed E-state index contributed by atoms with van der Waals surface area (Å²) in [4.78, 5) is 25.3. The SMILES string of the molecule is O=C(O)Oc1cn(C2CC2)c2c(F)c(N3CC4CC=CC(CO)C4C3)c(F)cc2c1=O. The highest BCUT2D eigenvalue weighted by Gasteiger charge is 2.40. The number of nitrogens with zero attached hydrogens (tertiary/aromatic N) is 2. The summed E-state index contributed by atoms with van der Waals surface area (Å²) in [6.07, 6.45) is 5.79. The highest BCUT2D eigenvalue weighted by atomic mass is 19.1. The van der Waals surface area contributed by atoms with Gasteiger partial charge in [0.15, 0.2) is 11.6 Å². The molecule has 7 nitrogen and oxygen atoms in total. The van der Waals surface area contributed by atoms with Crippen LogP contribution in [-0.4, -0.2) is 40.6 Å². The zero-order valence-corrected chi connectivity index (χ0v) is 16.6. The predicted molar refractivity (Wildman–Crippen MR) is 109 cm³/mol. The lowest BCUT2D eigenvalue weighted by Crippen LogP contribution is -2.27. The van der Waals surface area contributed by atoms with Gasteiger partial charge in [-0.2, -0.15) is 0 Å². The number of aliphatic hydroxyl groups is 1. The predicted octanol–water partition coefficient (Wildman–Crippen LogP) is 3.29. The van der Waals surface area contributed by atoms with Crippen molar-refractivity contribution in [2.24, 2.45) is 17.8 Å². The number of hydrogen-bond donors (Lipinski definition) is 2. The molecule has 1 aromatic heterocycles. The van der Waals surface area contributed by atoms with Gasteiger partial charge in [-0.05, 0) is 37.2 Å². The molecule has 0 amide bonds. The topological polar surface area (TPSA) is 92.0 Å². The maximum Gasteiger partial charge on any atom is 0.511 e. The molecule has 3 atom stereocenters. The first-order chi connectivity index (χ1) is 14.9. The Balaban J connectivity index is 1.63. The van der Waals surface area contributed by atoms with Crippen LogP contribution in [0, 0.1) is 29.4 Å². The molecule has 164 valence electrons. The number of benzene rings is 1. The van der Waals surface area contributed by atoms with Gasteiger partial charge in [0.25, 0.3) is 0 Å². The summed E-state index contributed by atoms with van der Waals surface area (Å²) in [5.41, 5.74) is -1.08. The molecule has 3 aliphatic rings. The van der Waals surface area contributed by atoms with Crippen molar-refractivity contribution in [3.05, 3.63) is 46.3 Å². The van der Waals surface area contributed by atoms with Gasteiger partial charge in [-0.25, -0.2) is 13.6 Å². The summed E-state index contributed by atoms with van der Waals surface area (Å²) in [7, 11) is 0. The molecule has 1 saturated carbocycles. The third-order valence-corrected chi connectivity index (χ3v) is 6.68. The van der Waals surface area contributed by atoms with Gasteiger partial charge >= 0.3 is 6.16 Å². The quantitative estimate of drug-likeness (QED) is 0.569. The van der Waals surface area contributed by atoms with Crippen LogP contribution in [0.3, 0.4) is 0 Å². The van der Waals surface area contributed by atoms with E-state index in [2.05, 4.69) is 4.74 Å². The number of hydrogen-bond acceptors (Lipinski definition) is 5. The molecule has 0 bridgehead atoms. The van der Waals surface area contributed by atoms with Crippen LogP contribution in [0.25, 0.3) is 10.9 Å². The molecule has 2 aliphatic carbocycles. The Labute approximate surface area is 176 Å². The van der Waals surface area contributed by atoms with Gasteiger partial charge in [-0.1, -0.05) is 12.2 Å². The van der Waals surface area contributed by atoms with Crippen LogP contribution in [0.4, 0.5) is 19.3 Å². The number of rotatable bonds is 4. The summed E-state index contributed by atoms with van der Waals surface area (Å²) in [6.45, 7) is 0.855. The van der Waals surface area contributed by atoms with Crippen LogP contribution in [0.15, 0.2) is 29.2 Å². The van der Waals surface area contributed by atoms with E-state index >= 15 is 8.78 Å². The Kier molecular flexibility index (Phi) is 4.73. The van der Waals surface area contributed by atoms with Crippen molar-refractivity contribution >= 4 is 22.7 Å². The summed E-state index contributed by atoms with van der Waals surface area (Å²) >= 11 is 0. The molecule has 5 rings (SSSR count). The monoisotopic (exact) mass is 432 g/mol. The minimum Gasteiger partial charge on any atom is -0.449 e. The number of carboxylic acid groups (broad SMARTS) is 1. The van der Waals surface area contributed by atoms with E-state index in [0.717, 1.165) is 25.3 Å². The summed E-state index contributed by atoms with van der Waals surface area (Å²) < 4.78 is 37.0. The van der Waals surface area contributed by atoms with E-state index in [1.165, 1.54) is 10.8 Å². The first-order valence-electron chi connectivity index (χ1n) is 10.4. The second kappa shape index (κ2) is 7.33. The normalized spacial score (nSPS) is 25.1. The van der Waals surface area contributed by atoms with Gasteiger partial charge in [-0.15, -0.1) is 0 Å². The Bertz CT molecular complexity index is 1160. The van der Waals surface area contributed by atoms with Crippen molar-refractivity contribution in [3.63, 3.8) is 0 Å². The zero-order valence-electron chi connectivity index (χ0n) is 16.6.